The smallest absolute Gasteiger partial charge is 0.338 e. The normalized spacial score (nSPS) is 19.0. The third-order valence-corrected chi connectivity index (χ3v) is 7.09. The van der Waals surface area contributed by atoms with Gasteiger partial charge in [-0.15, -0.1) is 0 Å². The molecular formula is C22H20N2O7S. The van der Waals surface area contributed by atoms with Gasteiger partial charge < -0.3 is 10.1 Å². The summed E-state index contributed by atoms with van der Waals surface area (Å²) in [6, 6.07) is 12.6. The Morgan fingerprint density at radius 1 is 1.03 bits per heavy atom. The predicted molar refractivity (Wildman–Crippen MR) is 113 cm³/mol. The van der Waals surface area contributed by atoms with Crippen molar-refractivity contribution >= 4 is 33.5 Å². The fourth-order valence-electron chi connectivity index (χ4n) is 3.72. The van der Waals surface area contributed by atoms with Crippen LogP contribution in [0.4, 0.5) is 0 Å². The van der Waals surface area contributed by atoms with E-state index in [9.17, 15) is 27.6 Å². The molecule has 166 valence electrons. The number of hydrogen-bond acceptors (Lipinski definition) is 7. The topological polar surface area (TPSA) is 127 Å². The highest BCUT2D eigenvalue weighted by molar-refractivity contribution is 7.91. The lowest BCUT2D eigenvalue weighted by molar-refractivity contribution is -0.124. The van der Waals surface area contributed by atoms with Crippen LogP contribution in [0, 0.1) is 0 Å². The molecule has 9 nitrogen and oxygen atoms in total. The molecule has 2 aliphatic rings. The molecule has 0 bridgehead atoms. The van der Waals surface area contributed by atoms with Gasteiger partial charge in [0.15, 0.2) is 16.4 Å². The van der Waals surface area contributed by atoms with Gasteiger partial charge >= 0.3 is 5.97 Å². The van der Waals surface area contributed by atoms with E-state index in [1.165, 1.54) is 18.2 Å². The van der Waals surface area contributed by atoms with Gasteiger partial charge in [0.1, 0.15) is 0 Å². The van der Waals surface area contributed by atoms with Crippen LogP contribution in [0.3, 0.4) is 0 Å². The number of fused-ring (bicyclic) bond motifs is 1. The predicted octanol–water partition coefficient (Wildman–Crippen LogP) is 0.943. The minimum absolute atomic E-state index is 0.0148. The summed E-state index contributed by atoms with van der Waals surface area (Å²) in [7, 11) is -3.14. The van der Waals surface area contributed by atoms with Gasteiger partial charge in [-0.1, -0.05) is 30.3 Å². The number of carbonyl (C=O) groups is 4. The van der Waals surface area contributed by atoms with Gasteiger partial charge in [0.2, 0.25) is 0 Å². The highest BCUT2D eigenvalue weighted by Gasteiger charge is 2.36. The average molecular weight is 456 g/mol. The van der Waals surface area contributed by atoms with E-state index in [-0.39, 0.29) is 34.7 Å². The number of amides is 3. The molecule has 32 heavy (non-hydrogen) atoms. The summed E-state index contributed by atoms with van der Waals surface area (Å²) in [5.41, 5.74) is 1.12. The second kappa shape index (κ2) is 8.54. The summed E-state index contributed by atoms with van der Waals surface area (Å²) < 4.78 is 27.9. The summed E-state index contributed by atoms with van der Waals surface area (Å²) in [6.07, 6.45) is 0.322. The highest BCUT2D eigenvalue weighted by Crippen LogP contribution is 2.26. The zero-order valence-corrected chi connectivity index (χ0v) is 17.8. The van der Waals surface area contributed by atoms with Crippen molar-refractivity contribution in [1.82, 2.24) is 10.2 Å². The molecule has 1 N–H and O–H groups in total. The number of imide groups is 1. The first-order valence-corrected chi connectivity index (χ1v) is 11.8. The number of esters is 1. The quantitative estimate of drug-likeness (QED) is 0.506. The summed E-state index contributed by atoms with van der Waals surface area (Å²) in [6.45, 7) is -0.469. The van der Waals surface area contributed by atoms with Crippen molar-refractivity contribution in [3.05, 3.63) is 70.8 Å². The number of benzene rings is 2. The second-order valence-electron chi connectivity index (χ2n) is 7.69. The van der Waals surface area contributed by atoms with Gasteiger partial charge in [-0.2, -0.15) is 0 Å². The molecule has 10 heteroatoms. The number of rotatable bonds is 6. The molecule has 0 aliphatic carbocycles. The maximum atomic E-state index is 12.7. The minimum Gasteiger partial charge on any atom is -0.452 e. The largest absolute Gasteiger partial charge is 0.452 e. The molecule has 1 unspecified atom stereocenters. The zero-order valence-electron chi connectivity index (χ0n) is 16.9. The van der Waals surface area contributed by atoms with Gasteiger partial charge in [-0.3, -0.25) is 19.3 Å². The van der Waals surface area contributed by atoms with Gasteiger partial charge in [-0.05, 0) is 30.2 Å². The molecule has 2 heterocycles. The van der Waals surface area contributed by atoms with Crippen molar-refractivity contribution in [3.8, 4) is 0 Å². The fraction of sp³-hybridized carbons (Fsp3) is 0.273. The van der Waals surface area contributed by atoms with E-state index in [4.69, 9.17) is 4.74 Å². The number of carbonyl (C=O) groups excluding carboxylic acids is 4. The number of sulfone groups is 1. The molecule has 0 spiro atoms. The molecule has 3 amide bonds. The van der Waals surface area contributed by atoms with Crippen LogP contribution in [0.2, 0.25) is 0 Å². The van der Waals surface area contributed by atoms with Gasteiger partial charge in [0, 0.05) is 6.04 Å². The maximum Gasteiger partial charge on any atom is 0.338 e. The molecule has 2 aromatic rings. The lowest BCUT2D eigenvalue weighted by Gasteiger charge is -2.13. The van der Waals surface area contributed by atoms with Crippen LogP contribution in [0.15, 0.2) is 48.5 Å². The fourth-order valence-corrected chi connectivity index (χ4v) is 5.39. The minimum atomic E-state index is -3.14. The molecule has 2 aromatic carbocycles. The third-order valence-electron chi connectivity index (χ3n) is 5.32. The molecule has 2 aliphatic heterocycles. The molecular weight excluding hydrogens is 436 g/mol. The molecule has 1 fully saturated rings. The molecule has 0 saturated carbocycles. The van der Waals surface area contributed by atoms with Crippen molar-refractivity contribution in [3.63, 3.8) is 0 Å². The number of hydrogen-bond donors (Lipinski definition) is 1. The van der Waals surface area contributed by atoms with Gasteiger partial charge in [-0.25, -0.2) is 13.2 Å². The van der Waals surface area contributed by atoms with Crippen LogP contribution in [0.1, 0.15) is 43.1 Å². The second-order valence-corrected chi connectivity index (χ2v) is 9.91. The monoisotopic (exact) mass is 456 g/mol. The van der Waals surface area contributed by atoms with E-state index < -0.39 is 46.2 Å². The lowest BCUT2D eigenvalue weighted by Crippen LogP contribution is -2.38. The summed E-state index contributed by atoms with van der Waals surface area (Å²) in [5.74, 6) is -2.51. The molecule has 1 saturated heterocycles. The Kier molecular flexibility index (Phi) is 5.79. The van der Waals surface area contributed by atoms with Crippen LogP contribution in [0.25, 0.3) is 0 Å². The van der Waals surface area contributed by atoms with Crippen LogP contribution < -0.4 is 5.32 Å². The van der Waals surface area contributed by atoms with Crippen molar-refractivity contribution in [2.75, 3.05) is 18.1 Å². The summed E-state index contributed by atoms with van der Waals surface area (Å²) >= 11 is 0. The Balaban J connectivity index is 1.38. The number of nitrogens with zero attached hydrogens (tertiary/aromatic N) is 1. The third kappa shape index (κ3) is 4.54. The van der Waals surface area contributed by atoms with Crippen LogP contribution in [-0.4, -0.2) is 61.2 Å². The van der Waals surface area contributed by atoms with Crippen LogP contribution in [-0.2, 0) is 25.9 Å². The summed E-state index contributed by atoms with van der Waals surface area (Å²) in [4.78, 5) is 50.8. The lowest BCUT2D eigenvalue weighted by atomic mass is 10.1. The molecule has 0 aromatic heterocycles. The standard InChI is InChI=1S/C22H20N2O7S/c25-19(23-16-8-9-32(29,30)13-16)12-31-22(28)15-6-7-17-18(10-15)21(27)24(20(17)26)11-14-4-2-1-3-5-14/h1-7,10,16H,8-9,11-13H2,(H,23,25). The van der Waals surface area contributed by atoms with Crippen molar-refractivity contribution < 1.29 is 32.3 Å². The van der Waals surface area contributed by atoms with Crippen molar-refractivity contribution in [2.24, 2.45) is 0 Å². The van der Waals surface area contributed by atoms with E-state index >= 15 is 0 Å². The van der Waals surface area contributed by atoms with E-state index in [0.717, 1.165) is 10.5 Å². The Bertz CT molecular complexity index is 1210. The maximum absolute atomic E-state index is 12.7. The molecule has 1 atom stereocenters. The van der Waals surface area contributed by atoms with E-state index in [0.29, 0.717) is 6.42 Å². The first-order chi connectivity index (χ1) is 15.2. The van der Waals surface area contributed by atoms with E-state index in [1.54, 1.807) is 12.1 Å². The average Bonchev–Trinajstić information content (AvgIpc) is 3.23. The molecule has 0 radical (unpaired) electrons. The Morgan fingerprint density at radius 3 is 2.44 bits per heavy atom. The van der Waals surface area contributed by atoms with Crippen molar-refractivity contribution in [2.45, 2.75) is 19.0 Å². The Labute approximate surface area is 184 Å². The molecule has 4 rings (SSSR count). The number of ether oxygens (including phenoxy) is 1. The number of nitrogens with one attached hydrogen (secondary N) is 1. The van der Waals surface area contributed by atoms with E-state index in [2.05, 4.69) is 5.32 Å². The highest BCUT2D eigenvalue weighted by atomic mass is 32.2. The van der Waals surface area contributed by atoms with E-state index in [1.807, 2.05) is 18.2 Å². The van der Waals surface area contributed by atoms with Crippen LogP contribution >= 0.6 is 0 Å². The Morgan fingerprint density at radius 2 is 1.75 bits per heavy atom. The SMILES string of the molecule is O=C(COC(=O)c1ccc2c(c1)C(=O)N(Cc1ccccc1)C2=O)NC1CCS(=O)(=O)C1. The summed E-state index contributed by atoms with van der Waals surface area (Å²) in [5, 5.41) is 2.52. The zero-order chi connectivity index (χ0) is 22.9. The van der Waals surface area contributed by atoms with Gasteiger partial charge in [0.25, 0.3) is 17.7 Å². The first kappa shape index (κ1) is 21.7. The van der Waals surface area contributed by atoms with Crippen LogP contribution in [0.5, 0.6) is 0 Å². The Hall–Kier alpha value is -3.53. The van der Waals surface area contributed by atoms with Gasteiger partial charge in [0.05, 0.1) is 34.7 Å². The van der Waals surface area contributed by atoms with Crippen molar-refractivity contribution in [1.29, 1.82) is 0 Å². The first-order valence-electron chi connectivity index (χ1n) is 9.94.